The van der Waals surface area contributed by atoms with Gasteiger partial charge in [0, 0.05) is 38.8 Å². The Morgan fingerprint density at radius 3 is 1.43 bits per heavy atom. The Labute approximate surface area is 569 Å². The summed E-state index contributed by atoms with van der Waals surface area (Å²) in [6.45, 7) is 2.61. The molecule has 560 valence electrons. The van der Waals surface area contributed by atoms with Crippen molar-refractivity contribution in [3.8, 4) is 0 Å². The van der Waals surface area contributed by atoms with Crippen LogP contribution in [0.2, 0.25) is 0 Å². The molecule has 28 heteroatoms. The SMILES string of the molecule is CCCCCCCC/C=C/CCCCCCCC(=O)OCC(COP(=O)(O)OCCNC(=O)CCCCC(=O)NCCCO[C@@H]1OC(CO)[C@H](O)[C@H](O[C@@H]2OC(CO)[C@H](O)[C@H](O)C2O)C1O[C@@H]1OC(C)[C@@H](O)[C@H](O)C1O)OC(=O)CCCCCCC/C=C/CCCCCCCC. The van der Waals surface area contributed by atoms with Crippen LogP contribution in [0, 0.1) is 0 Å². The van der Waals surface area contributed by atoms with Gasteiger partial charge in [0.2, 0.25) is 11.8 Å². The van der Waals surface area contributed by atoms with Crippen molar-refractivity contribution in [2.75, 3.05) is 52.7 Å². The Morgan fingerprint density at radius 2 is 0.896 bits per heavy atom. The molecule has 0 bridgehead atoms. The van der Waals surface area contributed by atoms with Gasteiger partial charge in [-0.25, -0.2) is 4.57 Å². The average molecular weight is 1400 g/mol. The van der Waals surface area contributed by atoms with Crippen molar-refractivity contribution in [2.24, 2.45) is 0 Å². The highest BCUT2D eigenvalue weighted by molar-refractivity contribution is 7.47. The number of unbranched alkanes of at least 4 members (excludes halogenated alkanes) is 23. The number of aliphatic hydroxyl groups excluding tert-OH is 9. The Bertz CT molecular complexity index is 2150. The van der Waals surface area contributed by atoms with Crippen molar-refractivity contribution in [1.82, 2.24) is 10.6 Å². The maximum atomic E-state index is 13.0. The second kappa shape index (κ2) is 52.8. The highest BCUT2D eigenvalue weighted by atomic mass is 31.2. The van der Waals surface area contributed by atoms with Gasteiger partial charge in [-0.15, -0.1) is 0 Å². The number of carbonyl (C=O) groups excluding carboxylic acids is 4. The van der Waals surface area contributed by atoms with Crippen molar-refractivity contribution in [1.29, 1.82) is 0 Å². The Hall–Kier alpha value is -3.13. The van der Waals surface area contributed by atoms with Crippen molar-refractivity contribution in [3.63, 3.8) is 0 Å². The predicted molar refractivity (Wildman–Crippen MR) is 354 cm³/mol. The maximum absolute atomic E-state index is 13.0. The normalized spacial score (nSPS) is 27.2. The first kappa shape index (κ1) is 87.1. The molecule has 0 aromatic heterocycles. The lowest BCUT2D eigenvalue weighted by Gasteiger charge is -2.48. The van der Waals surface area contributed by atoms with E-state index in [4.69, 9.17) is 46.9 Å². The summed E-state index contributed by atoms with van der Waals surface area (Å²) >= 11 is 0. The molecule has 12 N–H and O–H groups in total. The van der Waals surface area contributed by atoms with Crippen LogP contribution < -0.4 is 10.6 Å². The van der Waals surface area contributed by atoms with E-state index in [-0.39, 0.29) is 64.3 Å². The van der Waals surface area contributed by atoms with E-state index in [1.807, 2.05) is 0 Å². The number of ether oxygens (including phenoxy) is 8. The lowest BCUT2D eigenvalue weighted by molar-refractivity contribution is -0.390. The van der Waals surface area contributed by atoms with E-state index < -0.39 is 150 Å². The number of hydrogen-bond donors (Lipinski definition) is 12. The van der Waals surface area contributed by atoms with E-state index in [0.717, 1.165) is 77.0 Å². The number of allylic oxidation sites excluding steroid dienone is 4. The van der Waals surface area contributed by atoms with Crippen LogP contribution in [-0.4, -0.2) is 226 Å². The Kier molecular flexibility index (Phi) is 47.9. The highest BCUT2D eigenvalue weighted by Gasteiger charge is 2.54. The number of hydrogen-bond acceptors (Lipinski definition) is 24. The summed E-state index contributed by atoms with van der Waals surface area (Å²) in [5.41, 5.74) is 0. The number of rotatable bonds is 56. The molecule has 0 spiro atoms. The maximum Gasteiger partial charge on any atom is 0.472 e. The van der Waals surface area contributed by atoms with E-state index in [2.05, 4.69) is 48.8 Å². The molecular formula is C68H123N2O25P. The van der Waals surface area contributed by atoms with E-state index >= 15 is 0 Å². The predicted octanol–water partition coefficient (Wildman–Crippen LogP) is 6.33. The smallest absolute Gasteiger partial charge is 0.462 e. The monoisotopic (exact) mass is 1400 g/mol. The van der Waals surface area contributed by atoms with Crippen molar-refractivity contribution >= 4 is 31.6 Å². The molecular weight excluding hydrogens is 1280 g/mol. The van der Waals surface area contributed by atoms with Gasteiger partial charge in [0.15, 0.2) is 25.0 Å². The quantitative estimate of drug-likeness (QED) is 0.0137. The van der Waals surface area contributed by atoms with Gasteiger partial charge in [0.05, 0.1) is 39.1 Å². The third-order valence-corrected chi connectivity index (χ3v) is 18.1. The van der Waals surface area contributed by atoms with Gasteiger partial charge in [0.25, 0.3) is 0 Å². The minimum atomic E-state index is -4.74. The number of aliphatic hydroxyl groups is 9. The van der Waals surface area contributed by atoms with E-state index in [1.54, 1.807) is 0 Å². The summed E-state index contributed by atoms with van der Waals surface area (Å²) in [5.74, 6) is -1.80. The molecule has 2 amide bonds. The van der Waals surface area contributed by atoms with Gasteiger partial charge in [-0.1, -0.05) is 141 Å². The summed E-state index contributed by atoms with van der Waals surface area (Å²) in [5, 5.41) is 99.5. The Balaban J connectivity index is 1.39. The van der Waals surface area contributed by atoms with Crippen LogP contribution in [0.1, 0.15) is 233 Å². The van der Waals surface area contributed by atoms with E-state index in [1.165, 1.54) is 84.0 Å². The summed E-state index contributed by atoms with van der Waals surface area (Å²) in [4.78, 5) is 61.5. The third kappa shape index (κ3) is 37.0. The molecule has 0 saturated carbocycles. The summed E-state index contributed by atoms with van der Waals surface area (Å²) in [6.07, 6.45) is 13.2. The molecule has 3 aliphatic rings. The summed E-state index contributed by atoms with van der Waals surface area (Å²) < 4.78 is 68.9. The van der Waals surface area contributed by atoms with Crippen LogP contribution in [0.3, 0.4) is 0 Å². The molecule has 0 aromatic carbocycles. The van der Waals surface area contributed by atoms with Crippen LogP contribution in [0.25, 0.3) is 0 Å². The van der Waals surface area contributed by atoms with Crippen LogP contribution >= 0.6 is 7.82 Å². The number of carbonyl (C=O) groups is 4. The largest absolute Gasteiger partial charge is 0.472 e. The molecule has 0 aliphatic carbocycles. The van der Waals surface area contributed by atoms with Gasteiger partial charge < -0.3 is 99.4 Å². The summed E-state index contributed by atoms with van der Waals surface area (Å²) in [6, 6.07) is 0. The number of amides is 2. The molecule has 3 fully saturated rings. The minimum absolute atomic E-state index is 0.0189. The van der Waals surface area contributed by atoms with Crippen LogP contribution in [0.5, 0.6) is 0 Å². The van der Waals surface area contributed by atoms with Crippen molar-refractivity contribution in [3.05, 3.63) is 24.3 Å². The molecule has 3 heterocycles. The second-order valence-electron chi connectivity index (χ2n) is 25.5. The number of phosphoric acid groups is 1. The molecule has 96 heavy (non-hydrogen) atoms. The zero-order valence-electron chi connectivity index (χ0n) is 57.6. The van der Waals surface area contributed by atoms with Gasteiger partial charge in [0.1, 0.15) is 73.8 Å². The van der Waals surface area contributed by atoms with Crippen molar-refractivity contribution < 1.29 is 122 Å². The second-order valence-corrected chi connectivity index (χ2v) is 26.9. The van der Waals surface area contributed by atoms with Gasteiger partial charge in [-0.05, 0) is 90.4 Å². The van der Waals surface area contributed by atoms with Crippen molar-refractivity contribution in [2.45, 2.75) is 331 Å². The van der Waals surface area contributed by atoms with E-state index in [0.29, 0.717) is 25.7 Å². The lowest BCUT2D eigenvalue weighted by atomic mass is 9.96. The fourth-order valence-electron chi connectivity index (χ4n) is 11.2. The van der Waals surface area contributed by atoms with E-state index in [9.17, 15) is 74.6 Å². The standard InChI is InChI=1S/C68H123N2O25P/c1-4-6-8-10-12-14-16-18-20-22-24-26-28-30-32-39-55(75)87-47-50(91-56(76)40-33-31-29-27-25-23-21-19-17-15-13-11-9-7-5-2)48-89-96(84,85)88-44-42-70-54(74)38-35-34-37-53(73)69-41-36-43-86-68-65(95-66-62(82)60(80)57(77)49(3)90-66)64(59(79)52(46-72)93-68)94-67-63(83)61(81)58(78)51(45-71)92-67/h18-21,49-52,57-68,71-72,77-83H,4-17,22-48H2,1-3H3,(H,69,73)(H,70,74)(H,84,85)/b20-18+,21-19+/t49?,50?,51?,52?,57-,58+,59+,60+,61+,62?,63?,64+,65?,66+,67+,68-/m1/s1. The number of phosphoric ester groups is 1. The zero-order chi connectivity index (χ0) is 70.4. The number of nitrogens with one attached hydrogen (secondary N) is 2. The first-order valence-corrected chi connectivity index (χ1v) is 37.4. The first-order chi connectivity index (χ1) is 46.3. The molecule has 3 rings (SSSR count). The molecule has 17 atom stereocenters. The number of esters is 2. The molecule has 8 unspecified atom stereocenters. The molecule has 0 aromatic rings. The topological polar surface area (TPSA) is 404 Å². The molecule has 0 radical (unpaired) electrons. The minimum Gasteiger partial charge on any atom is -0.462 e. The average Bonchev–Trinajstić information content (AvgIpc) is 0.779. The fraction of sp³-hybridized carbons (Fsp3) is 0.882. The molecule has 3 saturated heterocycles. The summed E-state index contributed by atoms with van der Waals surface area (Å²) in [7, 11) is -4.74. The zero-order valence-corrected chi connectivity index (χ0v) is 58.5. The van der Waals surface area contributed by atoms with Gasteiger partial charge in [-0.2, -0.15) is 0 Å². The molecule has 3 aliphatic heterocycles. The first-order valence-electron chi connectivity index (χ1n) is 35.9. The van der Waals surface area contributed by atoms with Gasteiger partial charge in [-0.3, -0.25) is 28.2 Å². The third-order valence-electron chi connectivity index (χ3n) is 17.1. The Morgan fingerprint density at radius 1 is 0.458 bits per heavy atom. The highest BCUT2D eigenvalue weighted by Crippen LogP contribution is 2.43. The van der Waals surface area contributed by atoms with Crippen LogP contribution in [0.4, 0.5) is 0 Å². The lowest BCUT2D eigenvalue weighted by Crippen LogP contribution is -2.67. The molecule has 27 nitrogen and oxygen atoms in total. The van der Waals surface area contributed by atoms with Crippen LogP contribution in [-0.2, 0) is 70.7 Å². The fourth-order valence-corrected chi connectivity index (χ4v) is 12.0. The van der Waals surface area contributed by atoms with Crippen LogP contribution in [0.15, 0.2) is 24.3 Å². The van der Waals surface area contributed by atoms with Gasteiger partial charge >= 0.3 is 19.8 Å².